The molecule has 0 saturated carbocycles. The van der Waals surface area contributed by atoms with E-state index in [0.29, 0.717) is 0 Å². The Labute approximate surface area is 186 Å². The highest BCUT2D eigenvalue weighted by atomic mass is 19.2. The molecule has 172 valence electrons. The minimum Gasteiger partial charge on any atom is -0.367 e. The zero-order chi connectivity index (χ0) is 23.1. The lowest BCUT2D eigenvalue weighted by molar-refractivity contribution is -0.297. The lowest BCUT2D eigenvalue weighted by Gasteiger charge is -2.45. The molecular weight excluding hydrogens is 441 g/mol. The molecule has 11 heteroatoms. The number of aromatic nitrogens is 3. The minimum absolute atomic E-state index is 0.0165. The first-order valence-electron chi connectivity index (χ1n) is 10.2. The van der Waals surface area contributed by atoms with Crippen molar-refractivity contribution in [1.82, 2.24) is 15.0 Å². The van der Waals surface area contributed by atoms with E-state index in [4.69, 9.17) is 19.9 Å². The van der Waals surface area contributed by atoms with E-state index in [2.05, 4.69) is 10.3 Å². The molecule has 2 aromatic carbocycles. The number of fused-ring (bicyclic) bond motifs is 1. The average Bonchev–Trinajstić information content (AvgIpc) is 3.32. The van der Waals surface area contributed by atoms with Crippen LogP contribution in [0.15, 0.2) is 48.7 Å². The third kappa shape index (κ3) is 4.10. The molecule has 0 bridgehead atoms. The number of hydrogen-bond acceptors (Lipinski definition) is 6. The van der Waals surface area contributed by atoms with Crippen LogP contribution in [0.25, 0.3) is 11.3 Å². The van der Waals surface area contributed by atoms with Crippen molar-refractivity contribution < 1.29 is 32.2 Å². The molecule has 3 aromatic rings. The molecule has 2 N–H and O–H groups in total. The van der Waals surface area contributed by atoms with Crippen molar-refractivity contribution in [3.8, 4) is 11.3 Å². The van der Waals surface area contributed by atoms with Crippen LogP contribution in [0.3, 0.4) is 0 Å². The summed E-state index contributed by atoms with van der Waals surface area (Å²) in [6, 6.07) is 10.4. The maximum Gasteiger partial charge on any atom is 0.246 e. The first-order chi connectivity index (χ1) is 15.9. The van der Waals surface area contributed by atoms with Crippen LogP contribution >= 0.6 is 0 Å². The zero-order valence-corrected chi connectivity index (χ0v) is 17.1. The van der Waals surface area contributed by atoms with E-state index in [1.807, 2.05) is 30.3 Å². The van der Waals surface area contributed by atoms with Crippen molar-refractivity contribution in [2.24, 2.45) is 5.73 Å². The van der Waals surface area contributed by atoms with E-state index in [0.717, 1.165) is 17.7 Å². The van der Waals surface area contributed by atoms with Gasteiger partial charge in [0, 0.05) is 17.5 Å². The second-order valence-corrected chi connectivity index (χ2v) is 7.88. The highest BCUT2D eigenvalue weighted by Gasteiger charge is 2.47. The number of rotatable bonds is 4. The van der Waals surface area contributed by atoms with Gasteiger partial charge >= 0.3 is 0 Å². The molecule has 3 heterocycles. The lowest BCUT2D eigenvalue weighted by atomic mass is 9.94. The number of amides is 1. The molecule has 0 radical (unpaired) electrons. The van der Waals surface area contributed by atoms with Crippen molar-refractivity contribution in [3.05, 3.63) is 71.7 Å². The number of nitrogens with two attached hydrogens (primary N) is 1. The normalized spacial score (nSPS) is 27.2. The summed E-state index contributed by atoms with van der Waals surface area (Å²) in [6.45, 7) is 0.153. The molecule has 5 rings (SSSR count). The fourth-order valence-electron chi connectivity index (χ4n) is 4.12. The molecule has 8 nitrogen and oxygen atoms in total. The van der Waals surface area contributed by atoms with Crippen molar-refractivity contribution in [1.29, 1.82) is 0 Å². The molecular formula is C22H19F3N4O4. The monoisotopic (exact) mass is 460 g/mol. The molecule has 1 aromatic heterocycles. The standard InChI is InChI=1S/C22H19F3N4O4/c23-13-6-12(7-14(24)19(13)25)15-9-29(28-27-15)16-8-17(21(26)30)32-18-10-31-22(33-20(16)18)11-4-2-1-3-5-11/h1-7,9,16-18,20,22H,8,10H2,(H2,26,30)/t16-,17-,18-,20-,22?/m1/s1. The highest BCUT2D eigenvalue weighted by Crippen LogP contribution is 2.39. The van der Waals surface area contributed by atoms with Gasteiger partial charge < -0.3 is 19.9 Å². The Morgan fingerprint density at radius 1 is 1.09 bits per heavy atom. The van der Waals surface area contributed by atoms with Crippen molar-refractivity contribution in [2.75, 3.05) is 6.61 Å². The number of hydrogen-bond donors (Lipinski definition) is 1. The number of carbonyl (C=O) groups is 1. The van der Waals surface area contributed by atoms with E-state index in [1.54, 1.807) is 0 Å². The molecule has 1 amide bonds. The number of ether oxygens (including phenoxy) is 3. The third-order valence-corrected chi connectivity index (χ3v) is 5.75. The number of nitrogens with zero attached hydrogens (tertiary/aromatic N) is 3. The summed E-state index contributed by atoms with van der Waals surface area (Å²) >= 11 is 0. The van der Waals surface area contributed by atoms with Crippen LogP contribution in [0.4, 0.5) is 13.2 Å². The van der Waals surface area contributed by atoms with E-state index < -0.39 is 54.0 Å². The van der Waals surface area contributed by atoms with Crippen LogP contribution < -0.4 is 5.73 Å². The smallest absolute Gasteiger partial charge is 0.246 e. The van der Waals surface area contributed by atoms with Crippen LogP contribution in [0.2, 0.25) is 0 Å². The van der Waals surface area contributed by atoms with Gasteiger partial charge in [-0.25, -0.2) is 17.9 Å². The molecule has 2 saturated heterocycles. The van der Waals surface area contributed by atoms with Gasteiger partial charge in [-0.1, -0.05) is 35.5 Å². The molecule has 0 spiro atoms. The maximum atomic E-state index is 13.7. The second-order valence-electron chi connectivity index (χ2n) is 7.88. The van der Waals surface area contributed by atoms with E-state index in [-0.39, 0.29) is 24.3 Å². The summed E-state index contributed by atoms with van der Waals surface area (Å²) in [5.41, 5.74) is 6.43. The summed E-state index contributed by atoms with van der Waals surface area (Å²) < 4.78 is 59.9. The predicted molar refractivity (Wildman–Crippen MR) is 107 cm³/mol. The molecule has 33 heavy (non-hydrogen) atoms. The first-order valence-corrected chi connectivity index (χ1v) is 10.2. The van der Waals surface area contributed by atoms with Crippen molar-refractivity contribution in [2.45, 2.75) is 37.1 Å². The Morgan fingerprint density at radius 3 is 2.52 bits per heavy atom. The van der Waals surface area contributed by atoms with Crippen molar-refractivity contribution >= 4 is 5.91 Å². The third-order valence-electron chi connectivity index (χ3n) is 5.75. The zero-order valence-electron chi connectivity index (χ0n) is 17.1. The number of halogens is 3. The van der Waals surface area contributed by atoms with Gasteiger partial charge in [-0.05, 0) is 12.1 Å². The Hall–Kier alpha value is -3.28. The summed E-state index contributed by atoms with van der Waals surface area (Å²) in [7, 11) is 0. The molecule has 0 aliphatic carbocycles. The van der Waals surface area contributed by atoms with Crippen LogP contribution in [0, 0.1) is 17.5 Å². The van der Waals surface area contributed by atoms with Crippen LogP contribution in [-0.2, 0) is 19.0 Å². The minimum atomic E-state index is -1.56. The first kappa shape index (κ1) is 21.6. The SMILES string of the molecule is NC(=O)[C@H]1C[C@@H](n2cc(-c3cc(F)c(F)c(F)c3)nn2)[C@H]2OC(c3ccccc3)OC[C@H]2O1. The fourth-order valence-corrected chi connectivity index (χ4v) is 4.12. The molecule has 2 aliphatic rings. The fraction of sp³-hybridized carbons (Fsp3) is 0.318. The molecule has 1 unspecified atom stereocenters. The Balaban J connectivity index is 1.46. The highest BCUT2D eigenvalue weighted by molar-refractivity contribution is 5.79. The number of benzene rings is 2. The summed E-state index contributed by atoms with van der Waals surface area (Å²) in [5, 5.41) is 8.05. The van der Waals surface area contributed by atoms with Gasteiger partial charge in [0.15, 0.2) is 23.7 Å². The average molecular weight is 460 g/mol. The largest absolute Gasteiger partial charge is 0.367 e. The van der Waals surface area contributed by atoms with E-state index in [9.17, 15) is 18.0 Å². The summed E-state index contributed by atoms with van der Waals surface area (Å²) in [6.07, 6.45) is -1.15. The van der Waals surface area contributed by atoms with Crippen LogP contribution in [0.1, 0.15) is 24.3 Å². The van der Waals surface area contributed by atoms with Crippen molar-refractivity contribution in [3.63, 3.8) is 0 Å². The molecule has 5 atom stereocenters. The van der Waals surface area contributed by atoms with Gasteiger partial charge in [0.05, 0.1) is 18.8 Å². The van der Waals surface area contributed by atoms with Crippen LogP contribution in [-0.4, -0.2) is 45.8 Å². The number of primary amides is 1. The Morgan fingerprint density at radius 2 is 1.82 bits per heavy atom. The van der Waals surface area contributed by atoms with Gasteiger partial charge in [0.25, 0.3) is 0 Å². The summed E-state index contributed by atoms with van der Waals surface area (Å²) in [5.74, 6) is -4.88. The van der Waals surface area contributed by atoms with E-state index >= 15 is 0 Å². The molecule has 2 fully saturated rings. The van der Waals surface area contributed by atoms with Gasteiger partial charge in [-0.3, -0.25) is 4.79 Å². The topological polar surface area (TPSA) is 101 Å². The Kier molecular flexibility index (Phi) is 5.60. The predicted octanol–water partition coefficient (Wildman–Crippen LogP) is 2.66. The molecule has 2 aliphatic heterocycles. The lowest BCUT2D eigenvalue weighted by Crippen LogP contribution is -2.55. The van der Waals surface area contributed by atoms with Gasteiger partial charge in [0.2, 0.25) is 5.91 Å². The maximum absolute atomic E-state index is 13.7. The Bertz CT molecular complexity index is 1150. The van der Waals surface area contributed by atoms with Gasteiger partial charge in [0.1, 0.15) is 24.0 Å². The van der Waals surface area contributed by atoms with Gasteiger partial charge in [-0.15, -0.1) is 5.10 Å². The quantitative estimate of drug-likeness (QED) is 0.601. The van der Waals surface area contributed by atoms with E-state index in [1.165, 1.54) is 10.9 Å². The number of carbonyl (C=O) groups excluding carboxylic acids is 1. The second kappa shape index (κ2) is 8.58. The summed E-state index contributed by atoms with van der Waals surface area (Å²) in [4.78, 5) is 11.9. The van der Waals surface area contributed by atoms with Crippen LogP contribution in [0.5, 0.6) is 0 Å². The van der Waals surface area contributed by atoms with Gasteiger partial charge in [-0.2, -0.15) is 0 Å².